The van der Waals surface area contributed by atoms with E-state index >= 15 is 0 Å². The van der Waals surface area contributed by atoms with E-state index in [2.05, 4.69) is 92.2 Å². The number of benzene rings is 3. The van der Waals surface area contributed by atoms with E-state index in [1.54, 1.807) is 5.56 Å². The molecule has 0 amide bonds. The molecule has 138 valence electrons. The summed E-state index contributed by atoms with van der Waals surface area (Å²) in [5, 5.41) is 2.75. The van der Waals surface area contributed by atoms with Gasteiger partial charge in [0, 0.05) is 18.6 Å². The van der Waals surface area contributed by atoms with E-state index in [0.717, 1.165) is 0 Å². The van der Waals surface area contributed by atoms with Gasteiger partial charge in [0.15, 0.2) is 5.69 Å². The van der Waals surface area contributed by atoms with Crippen LogP contribution in [0.2, 0.25) is 0 Å². The van der Waals surface area contributed by atoms with Gasteiger partial charge in [-0.3, -0.25) is 0 Å². The standard InChI is InChI=1S/C27H26N/c1-18-14-23(20-8-5-4-6-9-20)12-13-25(18)27-26-17-22-11-7-10-21(22)16-24(26)15-19(2)28(27)3/h4-6,8-9,12-17H,7,10-11H2,1-3H3/q+1. The van der Waals surface area contributed by atoms with E-state index in [1.807, 2.05) is 0 Å². The monoisotopic (exact) mass is 364 g/mol. The first-order valence-electron chi connectivity index (χ1n) is 10.2. The Morgan fingerprint density at radius 2 is 1.50 bits per heavy atom. The van der Waals surface area contributed by atoms with E-state index in [-0.39, 0.29) is 0 Å². The third-order valence-corrected chi connectivity index (χ3v) is 6.34. The Morgan fingerprint density at radius 1 is 0.750 bits per heavy atom. The summed E-state index contributed by atoms with van der Waals surface area (Å²) in [5.74, 6) is 0. The molecular weight excluding hydrogens is 338 g/mol. The molecule has 5 rings (SSSR count). The minimum atomic E-state index is 1.22. The van der Waals surface area contributed by atoms with Crippen LogP contribution in [0.5, 0.6) is 0 Å². The first-order valence-corrected chi connectivity index (χ1v) is 10.2. The zero-order chi connectivity index (χ0) is 19.3. The topological polar surface area (TPSA) is 3.88 Å². The normalized spacial score (nSPS) is 13.1. The van der Waals surface area contributed by atoms with Gasteiger partial charge in [-0.05, 0) is 71.5 Å². The highest BCUT2D eigenvalue weighted by atomic mass is 14.9. The average molecular weight is 365 g/mol. The van der Waals surface area contributed by atoms with Crippen molar-refractivity contribution in [2.24, 2.45) is 7.05 Å². The van der Waals surface area contributed by atoms with Crippen molar-refractivity contribution < 1.29 is 4.57 Å². The molecule has 4 aromatic rings. The predicted octanol–water partition coefficient (Wildman–Crippen LogP) is 6.10. The minimum Gasteiger partial charge on any atom is -0.198 e. The first kappa shape index (κ1) is 17.2. The first-order chi connectivity index (χ1) is 13.6. The number of aryl methyl sites for hydroxylation is 4. The number of nitrogens with zero attached hydrogens (tertiary/aromatic N) is 1. The molecular formula is C27H26N+. The fourth-order valence-electron chi connectivity index (χ4n) is 4.71. The molecule has 0 bridgehead atoms. The lowest BCUT2D eigenvalue weighted by atomic mass is 9.93. The smallest absolute Gasteiger partial charge is 0.198 e. The molecule has 28 heavy (non-hydrogen) atoms. The molecule has 1 aliphatic carbocycles. The Labute approximate surface area is 167 Å². The van der Waals surface area contributed by atoms with Gasteiger partial charge in [-0.1, -0.05) is 48.5 Å². The molecule has 1 aliphatic rings. The number of rotatable bonds is 2. The van der Waals surface area contributed by atoms with Crippen molar-refractivity contribution in [3.05, 3.63) is 89.1 Å². The van der Waals surface area contributed by atoms with Crippen LogP contribution in [0.15, 0.2) is 66.7 Å². The van der Waals surface area contributed by atoms with E-state index < -0.39 is 0 Å². The molecule has 1 nitrogen and oxygen atoms in total. The SMILES string of the molecule is Cc1cc(-c2ccccc2)ccc1-c1c2cc3c(cc2cc(C)[n+]1C)CCC3. The summed E-state index contributed by atoms with van der Waals surface area (Å²) in [7, 11) is 2.20. The van der Waals surface area contributed by atoms with Crippen molar-refractivity contribution in [2.75, 3.05) is 0 Å². The lowest BCUT2D eigenvalue weighted by Gasteiger charge is -2.13. The van der Waals surface area contributed by atoms with Gasteiger partial charge in [-0.25, -0.2) is 0 Å². The second-order valence-electron chi connectivity index (χ2n) is 8.15. The molecule has 0 spiro atoms. The largest absolute Gasteiger partial charge is 0.220 e. The van der Waals surface area contributed by atoms with Crippen LogP contribution in [0.1, 0.15) is 28.8 Å². The third-order valence-electron chi connectivity index (χ3n) is 6.34. The molecule has 1 heteroatoms. The van der Waals surface area contributed by atoms with Crippen molar-refractivity contribution in [3.63, 3.8) is 0 Å². The van der Waals surface area contributed by atoms with Crippen LogP contribution in [0.3, 0.4) is 0 Å². The quantitative estimate of drug-likeness (QED) is 0.378. The fraction of sp³-hybridized carbons (Fsp3) is 0.222. The molecule has 0 fully saturated rings. The molecule has 1 heterocycles. The van der Waals surface area contributed by atoms with Gasteiger partial charge in [-0.2, -0.15) is 4.57 Å². The lowest BCUT2D eigenvalue weighted by molar-refractivity contribution is -0.665. The molecule has 1 aromatic heterocycles. The van der Waals surface area contributed by atoms with Crippen molar-refractivity contribution in [1.29, 1.82) is 0 Å². The molecule has 0 saturated carbocycles. The molecule has 0 radical (unpaired) electrons. The fourth-order valence-corrected chi connectivity index (χ4v) is 4.71. The van der Waals surface area contributed by atoms with Crippen molar-refractivity contribution in [1.82, 2.24) is 0 Å². The number of pyridine rings is 1. The third kappa shape index (κ3) is 2.74. The van der Waals surface area contributed by atoms with Crippen LogP contribution < -0.4 is 4.57 Å². The summed E-state index contributed by atoms with van der Waals surface area (Å²) in [4.78, 5) is 0. The highest BCUT2D eigenvalue weighted by Crippen LogP contribution is 2.34. The number of hydrogen-bond donors (Lipinski definition) is 0. The maximum Gasteiger partial charge on any atom is 0.220 e. The van der Waals surface area contributed by atoms with Crippen LogP contribution in [0, 0.1) is 13.8 Å². The second-order valence-corrected chi connectivity index (χ2v) is 8.15. The van der Waals surface area contributed by atoms with E-state index in [1.165, 1.54) is 69.2 Å². The molecule has 0 atom stereocenters. The molecule has 0 N–H and O–H groups in total. The van der Waals surface area contributed by atoms with Crippen LogP contribution in [0.4, 0.5) is 0 Å². The predicted molar refractivity (Wildman–Crippen MR) is 117 cm³/mol. The molecule has 3 aromatic carbocycles. The summed E-state index contributed by atoms with van der Waals surface area (Å²) in [6, 6.07) is 24.8. The number of hydrogen-bond acceptors (Lipinski definition) is 0. The van der Waals surface area contributed by atoms with Crippen LogP contribution in [0.25, 0.3) is 33.2 Å². The molecule has 0 aliphatic heterocycles. The Bertz CT molecular complexity index is 1200. The Hall–Kier alpha value is -2.93. The van der Waals surface area contributed by atoms with Crippen molar-refractivity contribution in [2.45, 2.75) is 33.1 Å². The van der Waals surface area contributed by atoms with Crippen LogP contribution >= 0.6 is 0 Å². The highest BCUT2D eigenvalue weighted by Gasteiger charge is 2.22. The van der Waals surface area contributed by atoms with Crippen LogP contribution in [-0.4, -0.2) is 0 Å². The van der Waals surface area contributed by atoms with Crippen molar-refractivity contribution >= 4 is 10.8 Å². The van der Waals surface area contributed by atoms with Gasteiger partial charge in [0.25, 0.3) is 0 Å². The average Bonchev–Trinajstić information content (AvgIpc) is 3.16. The minimum absolute atomic E-state index is 1.22. The van der Waals surface area contributed by atoms with E-state index in [4.69, 9.17) is 0 Å². The van der Waals surface area contributed by atoms with Gasteiger partial charge in [0.2, 0.25) is 5.69 Å². The van der Waals surface area contributed by atoms with Gasteiger partial charge in [-0.15, -0.1) is 0 Å². The Kier molecular flexibility index (Phi) is 4.05. The number of fused-ring (bicyclic) bond motifs is 2. The Balaban J connectivity index is 1.74. The lowest BCUT2D eigenvalue weighted by Crippen LogP contribution is -2.35. The van der Waals surface area contributed by atoms with E-state index in [0.29, 0.717) is 0 Å². The summed E-state index contributed by atoms with van der Waals surface area (Å²) >= 11 is 0. The summed E-state index contributed by atoms with van der Waals surface area (Å²) in [6.45, 7) is 4.45. The Morgan fingerprint density at radius 3 is 2.25 bits per heavy atom. The van der Waals surface area contributed by atoms with Crippen LogP contribution in [-0.2, 0) is 19.9 Å². The summed E-state index contributed by atoms with van der Waals surface area (Å²) < 4.78 is 2.36. The van der Waals surface area contributed by atoms with Gasteiger partial charge < -0.3 is 0 Å². The summed E-state index contributed by atoms with van der Waals surface area (Å²) in [6.07, 6.45) is 3.73. The van der Waals surface area contributed by atoms with Gasteiger partial charge in [0.1, 0.15) is 7.05 Å². The van der Waals surface area contributed by atoms with E-state index in [9.17, 15) is 0 Å². The highest BCUT2D eigenvalue weighted by molar-refractivity contribution is 5.95. The van der Waals surface area contributed by atoms with Crippen molar-refractivity contribution in [3.8, 4) is 22.4 Å². The maximum absolute atomic E-state index is 2.46. The second kappa shape index (κ2) is 6.60. The molecule has 0 saturated heterocycles. The van der Waals surface area contributed by atoms with Gasteiger partial charge >= 0.3 is 0 Å². The zero-order valence-electron chi connectivity index (χ0n) is 16.9. The maximum atomic E-state index is 2.46. The summed E-state index contributed by atoms with van der Waals surface area (Å²) in [5.41, 5.74) is 10.9. The number of aromatic nitrogens is 1. The zero-order valence-corrected chi connectivity index (χ0v) is 16.9. The molecule has 0 unspecified atom stereocenters. The van der Waals surface area contributed by atoms with Gasteiger partial charge in [0.05, 0.1) is 5.39 Å².